The summed E-state index contributed by atoms with van der Waals surface area (Å²) in [7, 11) is 0. The fourth-order valence-corrected chi connectivity index (χ4v) is 5.88. The fraction of sp³-hybridized carbons (Fsp3) is 0.176. The number of hydrogen-bond donors (Lipinski definition) is 0. The van der Waals surface area contributed by atoms with E-state index in [0.717, 1.165) is 53.6 Å². The number of fused-ring (bicyclic) bond motifs is 4. The van der Waals surface area contributed by atoms with Crippen LogP contribution in [0.25, 0.3) is 11.4 Å². The highest BCUT2D eigenvalue weighted by Crippen LogP contribution is 2.25. The summed E-state index contributed by atoms with van der Waals surface area (Å²) in [5.74, 6) is 0.666. The van der Waals surface area contributed by atoms with E-state index in [1.54, 1.807) is 0 Å². The highest BCUT2D eigenvalue weighted by molar-refractivity contribution is 5.44. The summed E-state index contributed by atoms with van der Waals surface area (Å²) in [6, 6.07) is 33.7. The number of benzene rings is 4. The van der Waals surface area contributed by atoms with Crippen molar-refractivity contribution in [1.82, 2.24) is 30.0 Å². The summed E-state index contributed by atoms with van der Waals surface area (Å²) >= 11 is 0. The molecule has 0 saturated carbocycles. The van der Waals surface area contributed by atoms with E-state index in [4.69, 9.17) is 20.6 Å². The first-order chi connectivity index (χ1) is 19.5. The Morgan fingerprint density at radius 1 is 0.450 bits per heavy atom. The second-order valence-corrected chi connectivity index (χ2v) is 10.9. The first-order valence-corrected chi connectivity index (χ1v) is 13.8. The van der Waals surface area contributed by atoms with Crippen molar-refractivity contribution in [3.8, 4) is 11.4 Å². The summed E-state index contributed by atoms with van der Waals surface area (Å²) in [6.07, 6.45) is 0. The molecule has 0 radical (unpaired) electrons. The molecule has 196 valence electrons. The van der Waals surface area contributed by atoms with E-state index in [1.807, 2.05) is 9.36 Å². The first-order valence-electron chi connectivity index (χ1n) is 13.8. The highest BCUT2D eigenvalue weighted by Gasteiger charge is 2.16. The second kappa shape index (κ2) is 9.42. The van der Waals surface area contributed by atoms with Crippen molar-refractivity contribution < 1.29 is 0 Å². The van der Waals surface area contributed by atoms with E-state index in [0.29, 0.717) is 11.8 Å². The van der Waals surface area contributed by atoms with E-state index in [9.17, 15) is 0 Å². The maximum atomic E-state index is 4.84. The maximum absolute atomic E-state index is 4.84. The Morgan fingerprint density at radius 3 is 1.20 bits per heavy atom. The molecule has 2 heterocycles. The lowest BCUT2D eigenvalue weighted by Crippen LogP contribution is -2.05. The van der Waals surface area contributed by atoms with Crippen LogP contribution in [0.5, 0.6) is 0 Å². The average molecular weight is 523 g/mol. The molecule has 0 atom stereocenters. The molecule has 0 amide bonds. The van der Waals surface area contributed by atoms with Gasteiger partial charge in [-0.15, -0.1) is 10.2 Å². The van der Waals surface area contributed by atoms with Crippen LogP contribution in [-0.4, -0.2) is 30.0 Å². The van der Waals surface area contributed by atoms with Crippen molar-refractivity contribution in [1.29, 1.82) is 0 Å². The van der Waals surface area contributed by atoms with Gasteiger partial charge < -0.3 is 0 Å². The summed E-state index contributed by atoms with van der Waals surface area (Å²) in [5, 5.41) is 26.9. The molecule has 6 nitrogen and oxygen atoms in total. The van der Waals surface area contributed by atoms with Gasteiger partial charge in [-0.05, 0) is 35.1 Å². The van der Waals surface area contributed by atoms with E-state index >= 15 is 0 Å². The molecule has 0 fully saturated rings. The van der Waals surface area contributed by atoms with E-state index < -0.39 is 0 Å². The largest absolute Gasteiger partial charge is 0.212 e. The van der Waals surface area contributed by atoms with Gasteiger partial charge in [0.2, 0.25) is 0 Å². The molecular formula is C34H30N6. The third-order valence-corrected chi connectivity index (χ3v) is 7.79. The Morgan fingerprint density at radius 2 is 0.800 bits per heavy atom. The van der Waals surface area contributed by atoms with Crippen LogP contribution in [0.15, 0.2) is 97.1 Å². The summed E-state index contributed by atoms with van der Waals surface area (Å²) in [4.78, 5) is 0. The number of hydrogen-bond acceptors (Lipinski definition) is 4. The molecule has 1 aliphatic rings. The Balaban J connectivity index is 1.80. The predicted octanol–water partition coefficient (Wildman–Crippen LogP) is 6.56. The number of rotatable bonds is 4. The Kier molecular flexibility index (Phi) is 5.70. The van der Waals surface area contributed by atoms with Crippen molar-refractivity contribution in [2.45, 2.75) is 39.5 Å². The minimum absolute atomic E-state index is 0.333. The van der Waals surface area contributed by atoms with Gasteiger partial charge in [-0.2, -0.15) is 0 Å². The minimum atomic E-state index is 0.333. The van der Waals surface area contributed by atoms with Gasteiger partial charge >= 0.3 is 0 Å². The van der Waals surface area contributed by atoms with Crippen LogP contribution in [0.2, 0.25) is 0 Å². The molecule has 1 aliphatic carbocycles. The van der Waals surface area contributed by atoms with Crippen molar-refractivity contribution in [3.05, 3.63) is 150 Å². The lowest BCUT2D eigenvalue weighted by molar-refractivity contribution is 0.756. The van der Waals surface area contributed by atoms with Crippen LogP contribution in [-0.2, 0) is 0 Å². The molecule has 4 aromatic carbocycles. The second-order valence-electron chi connectivity index (χ2n) is 10.9. The lowest BCUT2D eigenvalue weighted by atomic mass is 10.0. The normalized spacial score (nSPS) is 15.6. The third-order valence-electron chi connectivity index (χ3n) is 7.79. The molecule has 7 rings (SSSR count). The molecule has 0 N–H and O–H groups in total. The molecule has 0 bridgehead atoms. The van der Waals surface area contributed by atoms with Gasteiger partial charge in [-0.1, -0.05) is 123 Å². The molecule has 0 unspecified atom stereocenters. The molecule has 40 heavy (non-hydrogen) atoms. The monoisotopic (exact) mass is 522 g/mol. The maximum Gasteiger partial charge on any atom is 0.122 e. The lowest BCUT2D eigenvalue weighted by Gasteiger charge is -2.12. The van der Waals surface area contributed by atoms with E-state index in [2.05, 4.69) is 125 Å². The predicted molar refractivity (Wildman–Crippen MR) is 154 cm³/mol. The molecule has 6 aromatic rings. The topological polar surface area (TPSA) is 61.4 Å². The van der Waals surface area contributed by atoms with Gasteiger partial charge in [-0.3, -0.25) is 0 Å². The Hall–Kier alpha value is -4.84. The quantitative estimate of drug-likeness (QED) is 0.263. The van der Waals surface area contributed by atoms with Gasteiger partial charge in [0.25, 0.3) is 0 Å². The SMILES string of the molecule is CC(C)c1ccccc1-n1nnc2/c1=c1/cccc/c1=c1\nnn(-c3ccccc3C(C)C)\c1=c1/cccc/c1=2. The molecule has 0 spiro atoms. The van der Waals surface area contributed by atoms with Crippen LogP contribution < -0.4 is 0 Å². The highest BCUT2D eigenvalue weighted by atomic mass is 15.4. The Labute approximate surface area is 231 Å². The zero-order valence-electron chi connectivity index (χ0n) is 23.1. The third kappa shape index (κ3) is 3.63. The average Bonchev–Trinajstić information content (AvgIpc) is 3.61. The van der Waals surface area contributed by atoms with E-state index in [1.165, 1.54) is 11.1 Å². The molecule has 2 aromatic heterocycles. The smallest absolute Gasteiger partial charge is 0.122 e. The van der Waals surface area contributed by atoms with Crippen LogP contribution >= 0.6 is 0 Å². The first kappa shape index (κ1) is 24.2. The van der Waals surface area contributed by atoms with Gasteiger partial charge in [0.15, 0.2) is 0 Å². The fourth-order valence-electron chi connectivity index (χ4n) is 5.88. The van der Waals surface area contributed by atoms with Gasteiger partial charge in [0.05, 0.1) is 11.4 Å². The van der Waals surface area contributed by atoms with Gasteiger partial charge in [0.1, 0.15) is 21.4 Å². The minimum Gasteiger partial charge on any atom is -0.212 e. The number of aromatic nitrogens is 6. The van der Waals surface area contributed by atoms with E-state index in [-0.39, 0.29) is 0 Å². The zero-order chi connectivity index (χ0) is 27.4. The van der Waals surface area contributed by atoms with Crippen molar-refractivity contribution in [2.24, 2.45) is 0 Å². The Bertz CT molecular complexity index is 2130. The molecule has 6 heteroatoms. The van der Waals surface area contributed by atoms with Crippen LogP contribution in [0.4, 0.5) is 0 Å². The standard InChI is InChI=1S/C34H30N6/c1-21(2)23-13-9-11-19-29(23)39-33-27-17-7-5-15-25(27)32-34(28-18-8-6-16-26(28)31(33)35-37-39)40(38-36-32)30-20-12-10-14-24(30)22(3)4/h5-22H,1-4H3/b31-26+,32-25+,33-27+,34-28+. The van der Waals surface area contributed by atoms with Gasteiger partial charge in [-0.25, -0.2) is 9.36 Å². The summed E-state index contributed by atoms with van der Waals surface area (Å²) in [6.45, 7) is 8.84. The molecule has 0 aliphatic heterocycles. The number of nitrogens with zero attached hydrogens (tertiary/aromatic N) is 6. The van der Waals surface area contributed by atoms with Crippen molar-refractivity contribution >= 4 is 0 Å². The summed E-state index contributed by atoms with van der Waals surface area (Å²) < 4.78 is 4.01. The van der Waals surface area contributed by atoms with Crippen LogP contribution in [0.3, 0.4) is 0 Å². The summed E-state index contributed by atoms with van der Waals surface area (Å²) in [5.41, 5.74) is 4.52. The zero-order valence-corrected chi connectivity index (χ0v) is 23.1. The van der Waals surface area contributed by atoms with Gasteiger partial charge in [0, 0.05) is 20.9 Å². The number of para-hydroxylation sites is 2. The van der Waals surface area contributed by atoms with Crippen LogP contribution in [0.1, 0.15) is 50.7 Å². The van der Waals surface area contributed by atoms with Crippen molar-refractivity contribution in [3.63, 3.8) is 0 Å². The molecular weight excluding hydrogens is 492 g/mol. The van der Waals surface area contributed by atoms with Crippen molar-refractivity contribution in [2.75, 3.05) is 0 Å². The van der Waals surface area contributed by atoms with Crippen LogP contribution in [0, 0.1) is 42.3 Å². The molecule has 0 saturated heterocycles.